The van der Waals surface area contributed by atoms with Crippen molar-refractivity contribution in [2.75, 3.05) is 7.11 Å². The number of hydrogen-bond donors (Lipinski definition) is 0. The summed E-state index contributed by atoms with van der Waals surface area (Å²) in [5.41, 5.74) is -0.451. The van der Waals surface area contributed by atoms with Crippen molar-refractivity contribution < 1.29 is 9.53 Å². The summed E-state index contributed by atoms with van der Waals surface area (Å²) in [7, 11) is 1.64. The van der Waals surface area contributed by atoms with E-state index in [1.54, 1.807) is 7.11 Å². The van der Waals surface area contributed by atoms with Crippen LogP contribution in [-0.2, 0) is 9.53 Å². The van der Waals surface area contributed by atoms with Crippen molar-refractivity contribution in [2.24, 2.45) is 0 Å². The topological polar surface area (TPSA) is 29.5 Å². The van der Waals surface area contributed by atoms with Crippen LogP contribution in [0.2, 0.25) is 0 Å². The van der Waals surface area contributed by atoms with E-state index in [2.05, 4.69) is 6.92 Å². The second-order valence-corrected chi connectivity index (χ2v) is 3.80. The van der Waals surface area contributed by atoms with Gasteiger partial charge >= 0.3 is 0 Å². The van der Waals surface area contributed by atoms with Crippen molar-refractivity contribution in [3.63, 3.8) is 0 Å². The van der Waals surface area contributed by atoms with Crippen LogP contribution in [0.4, 0.5) is 0 Å². The van der Waals surface area contributed by atoms with Crippen LogP contribution < -0.4 is 0 Å². The summed E-state index contributed by atoms with van der Waals surface area (Å²) in [5.74, 6) is 0.203. The lowest BCUT2D eigenvalue weighted by Gasteiger charge is -2.37. The van der Waals surface area contributed by atoms with Gasteiger partial charge in [-0.25, -0.2) is 0 Å². The van der Waals surface area contributed by atoms with E-state index in [0.29, 0.717) is 12.5 Å². The predicted molar refractivity (Wildman–Crippen MR) is 46.6 cm³/mol. The molecule has 70 valence electrons. The Balaban J connectivity index is 2.78. The van der Waals surface area contributed by atoms with E-state index < -0.39 is 5.72 Å². The Morgan fingerprint density at radius 1 is 1.58 bits per heavy atom. The Labute approximate surface area is 73.7 Å². The Morgan fingerprint density at radius 2 is 2.17 bits per heavy atom. The zero-order valence-electron chi connectivity index (χ0n) is 8.26. The first-order valence-corrected chi connectivity index (χ1v) is 4.36. The van der Waals surface area contributed by atoms with Gasteiger partial charge < -0.3 is 9.64 Å². The molecule has 1 heterocycles. The van der Waals surface area contributed by atoms with Crippen molar-refractivity contribution in [3.05, 3.63) is 0 Å². The number of rotatable bonds is 2. The Hall–Kier alpha value is -0.570. The fourth-order valence-corrected chi connectivity index (χ4v) is 1.76. The lowest BCUT2D eigenvalue weighted by Crippen LogP contribution is -2.49. The third-order valence-electron chi connectivity index (χ3n) is 2.57. The minimum absolute atomic E-state index is 0.203. The predicted octanol–water partition coefficient (Wildman–Crippen LogP) is 1.38. The van der Waals surface area contributed by atoms with Gasteiger partial charge in [-0.3, -0.25) is 4.79 Å². The molecule has 1 aliphatic rings. The lowest BCUT2D eigenvalue weighted by atomic mass is 10.2. The molecule has 1 saturated heterocycles. The van der Waals surface area contributed by atoms with E-state index in [0.717, 1.165) is 6.42 Å². The van der Waals surface area contributed by atoms with E-state index in [1.165, 1.54) is 0 Å². The molecule has 3 heteroatoms. The third-order valence-corrected chi connectivity index (χ3v) is 2.57. The lowest BCUT2D eigenvalue weighted by molar-refractivity contribution is -0.157. The molecule has 0 N–H and O–H groups in total. The molecule has 1 fully saturated rings. The Bertz CT molecular complexity index is 189. The van der Waals surface area contributed by atoms with E-state index in [9.17, 15) is 4.79 Å². The maximum Gasteiger partial charge on any atom is 0.225 e. The van der Waals surface area contributed by atoms with Crippen molar-refractivity contribution in [2.45, 2.75) is 45.4 Å². The largest absolute Gasteiger partial charge is 0.359 e. The average molecular weight is 171 g/mol. The molecule has 0 aromatic rings. The number of methoxy groups -OCH3 is 1. The van der Waals surface area contributed by atoms with Gasteiger partial charge in [0, 0.05) is 19.6 Å². The van der Waals surface area contributed by atoms with Crippen LogP contribution in [0.1, 0.15) is 33.6 Å². The summed E-state index contributed by atoms with van der Waals surface area (Å²) in [6, 6.07) is 0.312. The molecule has 1 atom stereocenters. The highest BCUT2D eigenvalue weighted by Gasteiger charge is 2.38. The fraction of sp³-hybridized carbons (Fsp3) is 0.889. The number of carbonyl (C=O) groups excluding carboxylic acids is 1. The number of hydrogen-bond acceptors (Lipinski definition) is 2. The van der Waals surface area contributed by atoms with Crippen LogP contribution in [0.3, 0.4) is 0 Å². The summed E-state index contributed by atoms with van der Waals surface area (Å²) in [6.45, 7) is 5.91. The molecule has 0 bridgehead atoms. The molecular formula is C9H17NO2. The minimum Gasteiger partial charge on any atom is -0.359 e. The van der Waals surface area contributed by atoms with Crippen molar-refractivity contribution >= 4 is 5.91 Å². The van der Waals surface area contributed by atoms with Gasteiger partial charge in [0.15, 0.2) is 0 Å². The Kier molecular flexibility index (Phi) is 2.42. The highest BCUT2D eigenvalue weighted by Crippen LogP contribution is 2.27. The zero-order chi connectivity index (χ0) is 9.35. The van der Waals surface area contributed by atoms with Crippen LogP contribution in [0.5, 0.6) is 0 Å². The molecule has 0 unspecified atom stereocenters. The molecule has 0 saturated carbocycles. The van der Waals surface area contributed by atoms with Gasteiger partial charge in [0.2, 0.25) is 5.91 Å². The first-order valence-electron chi connectivity index (χ1n) is 4.36. The molecule has 0 aromatic heterocycles. The third kappa shape index (κ3) is 1.46. The second-order valence-electron chi connectivity index (χ2n) is 3.80. The number of ether oxygens (including phenoxy) is 1. The highest BCUT2D eigenvalue weighted by atomic mass is 16.5. The van der Waals surface area contributed by atoms with Crippen LogP contribution in [0.25, 0.3) is 0 Å². The van der Waals surface area contributed by atoms with Crippen LogP contribution >= 0.6 is 0 Å². The van der Waals surface area contributed by atoms with Crippen LogP contribution in [-0.4, -0.2) is 29.7 Å². The standard InChI is InChI=1S/C9H17NO2/c1-7-5-6-8(11)10(7)9(2,3)12-4/h7H,5-6H2,1-4H3/t7-/m0/s1. The van der Waals surface area contributed by atoms with Crippen LogP contribution in [0.15, 0.2) is 0 Å². The number of likely N-dealkylation sites (tertiary alicyclic amines) is 1. The maximum absolute atomic E-state index is 11.4. The molecule has 1 rings (SSSR count). The molecule has 1 aliphatic heterocycles. The molecule has 0 radical (unpaired) electrons. The molecule has 12 heavy (non-hydrogen) atoms. The van der Waals surface area contributed by atoms with E-state index >= 15 is 0 Å². The molecule has 1 amide bonds. The maximum atomic E-state index is 11.4. The summed E-state index contributed by atoms with van der Waals surface area (Å²) >= 11 is 0. The van der Waals surface area contributed by atoms with E-state index in [4.69, 9.17) is 4.74 Å². The number of carbonyl (C=O) groups is 1. The molecule has 0 aromatic carbocycles. The van der Waals surface area contributed by atoms with Crippen molar-refractivity contribution in [1.82, 2.24) is 4.90 Å². The second kappa shape index (κ2) is 3.05. The minimum atomic E-state index is -0.451. The van der Waals surface area contributed by atoms with Gasteiger partial charge in [0.25, 0.3) is 0 Å². The summed E-state index contributed by atoms with van der Waals surface area (Å²) in [6.07, 6.45) is 1.61. The summed E-state index contributed by atoms with van der Waals surface area (Å²) in [4.78, 5) is 13.3. The molecular weight excluding hydrogens is 154 g/mol. The first kappa shape index (κ1) is 9.52. The molecule has 0 spiro atoms. The summed E-state index contributed by atoms with van der Waals surface area (Å²) < 4.78 is 5.27. The normalized spacial score (nSPS) is 25.2. The van der Waals surface area contributed by atoms with E-state index in [1.807, 2.05) is 18.7 Å². The quantitative estimate of drug-likeness (QED) is 0.628. The summed E-state index contributed by atoms with van der Waals surface area (Å²) in [5, 5.41) is 0. The van der Waals surface area contributed by atoms with Crippen LogP contribution in [0, 0.1) is 0 Å². The fourth-order valence-electron chi connectivity index (χ4n) is 1.76. The smallest absolute Gasteiger partial charge is 0.225 e. The van der Waals surface area contributed by atoms with Crippen molar-refractivity contribution in [3.8, 4) is 0 Å². The van der Waals surface area contributed by atoms with E-state index in [-0.39, 0.29) is 5.91 Å². The van der Waals surface area contributed by atoms with Gasteiger partial charge in [-0.05, 0) is 27.2 Å². The van der Waals surface area contributed by atoms with Crippen molar-refractivity contribution in [1.29, 1.82) is 0 Å². The monoisotopic (exact) mass is 171 g/mol. The SMILES string of the molecule is COC(C)(C)N1C(=O)CC[C@@H]1C. The number of nitrogens with zero attached hydrogens (tertiary/aromatic N) is 1. The Morgan fingerprint density at radius 3 is 2.50 bits per heavy atom. The highest BCUT2D eigenvalue weighted by molar-refractivity contribution is 5.79. The zero-order valence-corrected chi connectivity index (χ0v) is 8.26. The van der Waals surface area contributed by atoms with Gasteiger partial charge in [-0.2, -0.15) is 0 Å². The van der Waals surface area contributed by atoms with Gasteiger partial charge in [-0.1, -0.05) is 0 Å². The van der Waals surface area contributed by atoms with Gasteiger partial charge in [0.05, 0.1) is 0 Å². The average Bonchev–Trinajstić information content (AvgIpc) is 2.31. The first-order chi connectivity index (χ1) is 5.49. The number of amides is 1. The van der Waals surface area contributed by atoms with Gasteiger partial charge in [0.1, 0.15) is 5.72 Å². The molecule has 3 nitrogen and oxygen atoms in total. The van der Waals surface area contributed by atoms with Gasteiger partial charge in [-0.15, -0.1) is 0 Å². The molecule has 0 aliphatic carbocycles.